The topological polar surface area (TPSA) is 67.4 Å². The highest BCUT2D eigenvalue weighted by Gasteiger charge is 2.25. The molecule has 0 bridgehead atoms. The summed E-state index contributed by atoms with van der Waals surface area (Å²) in [5.74, 6) is 0.218. The summed E-state index contributed by atoms with van der Waals surface area (Å²) in [7, 11) is 1.54. The number of halogens is 1. The molecule has 0 aromatic heterocycles. The Morgan fingerprint density at radius 3 is 2.69 bits per heavy atom. The molecule has 0 unspecified atom stereocenters. The Bertz CT molecular complexity index is 818. The molecule has 0 spiro atoms. The van der Waals surface area contributed by atoms with E-state index >= 15 is 0 Å². The van der Waals surface area contributed by atoms with Gasteiger partial charge in [0, 0.05) is 17.5 Å². The molecule has 2 aromatic rings. The fourth-order valence-corrected chi connectivity index (χ4v) is 2.81. The van der Waals surface area contributed by atoms with Crippen molar-refractivity contribution in [2.24, 2.45) is 0 Å². The smallest absolute Gasteiger partial charge is 0.253 e. The lowest BCUT2D eigenvalue weighted by Gasteiger charge is -2.13. The Kier molecular flexibility index (Phi) is 5.78. The van der Waals surface area contributed by atoms with E-state index in [2.05, 4.69) is 10.6 Å². The molecular formula is C20H21ClN2O3. The van der Waals surface area contributed by atoms with Crippen LogP contribution in [-0.2, 0) is 11.2 Å². The quantitative estimate of drug-likeness (QED) is 0.776. The van der Waals surface area contributed by atoms with Crippen molar-refractivity contribution in [1.29, 1.82) is 0 Å². The number of aryl methyl sites for hydroxylation is 1. The fourth-order valence-electron chi connectivity index (χ4n) is 2.60. The third-order valence-corrected chi connectivity index (χ3v) is 4.42. The van der Waals surface area contributed by atoms with Gasteiger partial charge in [0.25, 0.3) is 5.91 Å². The fraction of sp³-hybridized carbons (Fsp3) is 0.300. The SMILES string of the molecule is COc1ccc(NC(=O)CCc2cccc(Cl)c2)c(C(=O)NC2CC2)c1. The number of anilines is 1. The van der Waals surface area contributed by atoms with Gasteiger partial charge in [-0.25, -0.2) is 0 Å². The summed E-state index contributed by atoms with van der Waals surface area (Å²) in [5.41, 5.74) is 1.89. The average Bonchev–Trinajstić information content (AvgIpc) is 3.44. The van der Waals surface area contributed by atoms with Crippen molar-refractivity contribution in [2.75, 3.05) is 12.4 Å². The van der Waals surface area contributed by atoms with E-state index in [-0.39, 0.29) is 17.9 Å². The zero-order chi connectivity index (χ0) is 18.5. The Balaban J connectivity index is 1.67. The van der Waals surface area contributed by atoms with Gasteiger partial charge < -0.3 is 15.4 Å². The highest BCUT2D eigenvalue weighted by molar-refractivity contribution is 6.30. The lowest BCUT2D eigenvalue weighted by Crippen LogP contribution is -2.27. The van der Waals surface area contributed by atoms with Crippen LogP contribution in [0.1, 0.15) is 35.2 Å². The van der Waals surface area contributed by atoms with Crippen molar-refractivity contribution in [3.05, 3.63) is 58.6 Å². The van der Waals surface area contributed by atoms with Gasteiger partial charge in [-0.05, 0) is 55.2 Å². The van der Waals surface area contributed by atoms with Crippen molar-refractivity contribution < 1.29 is 14.3 Å². The average molecular weight is 373 g/mol. The molecule has 1 aliphatic rings. The van der Waals surface area contributed by atoms with Crippen LogP contribution in [0.25, 0.3) is 0 Å². The van der Waals surface area contributed by atoms with Gasteiger partial charge in [-0.15, -0.1) is 0 Å². The monoisotopic (exact) mass is 372 g/mol. The molecule has 3 rings (SSSR count). The Morgan fingerprint density at radius 2 is 2.00 bits per heavy atom. The van der Waals surface area contributed by atoms with Crippen LogP contribution in [0, 0.1) is 0 Å². The van der Waals surface area contributed by atoms with Crippen LogP contribution < -0.4 is 15.4 Å². The largest absolute Gasteiger partial charge is 0.497 e. The van der Waals surface area contributed by atoms with E-state index in [1.165, 1.54) is 0 Å². The van der Waals surface area contributed by atoms with E-state index in [1.807, 2.05) is 18.2 Å². The predicted octanol–water partition coefficient (Wildman–Crippen LogP) is 3.81. The van der Waals surface area contributed by atoms with Gasteiger partial charge in [-0.2, -0.15) is 0 Å². The third-order valence-electron chi connectivity index (χ3n) is 4.19. The van der Waals surface area contributed by atoms with E-state index in [0.717, 1.165) is 18.4 Å². The summed E-state index contributed by atoms with van der Waals surface area (Å²) >= 11 is 5.96. The number of hydrogen-bond donors (Lipinski definition) is 2. The number of methoxy groups -OCH3 is 1. The van der Waals surface area contributed by atoms with Crippen LogP contribution in [-0.4, -0.2) is 25.0 Å². The van der Waals surface area contributed by atoms with Gasteiger partial charge in [-0.1, -0.05) is 23.7 Å². The first-order valence-electron chi connectivity index (χ1n) is 8.58. The van der Waals surface area contributed by atoms with Gasteiger partial charge in [0.2, 0.25) is 5.91 Å². The van der Waals surface area contributed by atoms with Crippen molar-refractivity contribution >= 4 is 29.1 Å². The Labute approximate surface area is 157 Å². The minimum Gasteiger partial charge on any atom is -0.497 e. The lowest BCUT2D eigenvalue weighted by atomic mass is 10.1. The molecule has 1 fully saturated rings. The summed E-state index contributed by atoms with van der Waals surface area (Å²) in [4.78, 5) is 24.8. The number of benzene rings is 2. The summed E-state index contributed by atoms with van der Waals surface area (Å²) in [6.07, 6.45) is 2.87. The minimum absolute atomic E-state index is 0.157. The second kappa shape index (κ2) is 8.23. The maximum absolute atomic E-state index is 12.4. The van der Waals surface area contributed by atoms with E-state index in [9.17, 15) is 9.59 Å². The number of amides is 2. The van der Waals surface area contributed by atoms with Gasteiger partial charge in [0.1, 0.15) is 5.75 Å². The van der Waals surface area contributed by atoms with Gasteiger partial charge >= 0.3 is 0 Å². The molecule has 0 saturated heterocycles. The highest BCUT2D eigenvalue weighted by Crippen LogP contribution is 2.25. The number of nitrogens with one attached hydrogen (secondary N) is 2. The molecule has 0 aliphatic heterocycles. The van der Waals surface area contributed by atoms with Crippen molar-refractivity contribution in [3.8, 4) is 5.75 Å². The van der Waals surface area contributed by atoms with Crippen LogP contribution in [0.5, 0.6) is 5.75 Å². The van der Waals surface area contributed by atoms with Gasteiger partial charge in [-0.3, -0.25) is 9.59 Å². The third kappa shape index (κ3) is 4.99. The molecule has 26 heavy (non-hydrogen) atoms. The summed E-state index contributed by atoms with van der Waals surface area (Å²) in [5, 5.41) is 6.42. The first-order chi connectivity index (χ1) is 12.5. The molecule has 1 saturated carbocycles. The zero-order valence-electron chi connectivity index (χ0n) is 14.5. The Morgan fingerprint density at radius 1 is 1.19 bits per heavy atom. The second-order valence-corrected chi connectivity index (χ2v) is 6.77. The highest BCUT2D eigenvalue weighted by atomic mass is 35.5. The molecule has 5 nitrogen and oxygen atoms in total. The standard InChI is InChI=1S/C20H21ClN2O3/c1-26-16-8-9-18(17(12-16)20(25)22-15-6-7-15)23-19(24)10-5-13-3-2-4-14(21)11-13/h2-4,8-9,11-12,15H,5-7,10H2,1H3,(H,22,25)(H,23,24). The number of hydrogen-bond acceptors (Lipinski definition) is 3. The molecular weight excluding hydrogens is 352 g/mol. The maximum atomic E-state index is 12.4. The summed E-state index contributed by atoms with van der Waals surface area (Å²) in [6, 6.07) is 12.7. The molecule has 6 heteroatoms. The van der Waals surface area contributed by atoms with Crippen LogP contribution in [0.4, 0.5) is 5.69 Å². The molecule has 0 atom stereocenters. The van der Waals surface area contributed by atoms with Crippen molar-refractivity contribution in [3.63, 3.8) is 0 Å². The maximum Gasteiger partial charge on any atom is 0.253 e. The Hall–Kier alpha value is -2.53. The number of ether oxygens (including phenoxy) is 1. The molecule has 0 heterocycles. The minimum atomic E-state index is -0.198. The molecule has 136 valence electrons. The van der Waals surface area contributed by atoms with Crippen LogP contribution >= 0.6 is 11.6 Å². The summed E-state index contributed by atoms with van der Waals surface area (Å²) in [6.45, 7) is 0. The normalized spacial score (nSPS) is 13.2. The molecule has 2 amide bonds. The van der Waals surface area contributed by atoms with Crippen LogP contribution in [0.15, 0.2) is 42.5 Å². The van der Waals surface area contributed by atoms with Crippen LogP contribution in [0.3, 0.4) is 0 Å². The van der Waals surface area contributed by atoms with E-state index in [1.54, 1.807) is 31.4 Å². The second-order valence-electron chi connectivity index (χ2n) is 6.34. The van der Waals surface area contributed by atoms with Crippen molar-refractivity contribution in [2.45, 2.75) is 31.7 Å². The van der Waals surface area contributed by atoms with Crippen LogP contribution in [0.2, 0.25) is 5.02 Å². The van der Waals surface area contributed by atoms with Gasteiger partial charge in [0.15, 0.2) is 0 Å². The lowest BCUT2D eigenvalue weighted by molar-refractivity contribution is -0.116. The van der Waals surface area contributed by atoms with Gasteiger partial charge in [0.05, 0.1) is 18.4 Å². The first-order valence-corrected chi connectivity index (χ1v) is 8.96. The molecule has 2 N–H and O–H groups in total. The number of carbonyl (C=O) groups excluding carboxylic acids is 2. The summed E-state index contributed by atoms with van der Waals surface area (Å²) < 4.78 is 5.20. The molecule has 1 aliphatic carbocycles. The number of rotatable bonds is 7. The predicted molar refractivity (Wildman–Crippen MR) is 102 cm³/mol. The van der Waals surface area contributed by atoms with E-state index < -0.39 is 0 Å². The molecule has 0 radical (unpaired) electrons. The van der Waals surface area contributed by atoms with E-state index in [4.69, 9.17) is 16.3 Å². The zero-order valence-corrected chi connectivity index (χ0v) is 15.3. The van der Waals surface area contributed by atoms with Crippen molar-refractivity contribution in [1.82, 2.24) is 5.32 Å². The van der Waals surface area contributed by atoms with E-state index in [0.29, 0.717) is 34.9 Å². The molecule has 2 aromatic carbocycles. The number of carbonyl (C=O) groups is 2. The first kappa shape index (κ1) is 18.3.